The molecule has 0 bridgehead atoms. The smallest absolute Gasteiger partial charge is 0.340 e. The number of hydrogen-bond donors (Lipinski definition) is 4. The molecule has 2 aromatic rings. The van der Waals surface area contributed by atoms with Crippen LogP contribution in [0.5, 0.6) is 0 Å². The van der Waals surface area contributed by atoms with E-state index in [2.05, 4.69) is 10.3 Å². The number of nitrogens with one attached hydrogen (secondary N) is 3. The van der Waals surface area contributed by atoms with E-state index in [-0.39, 0.29) is 11.7 Å². The van der Waals surface area contributed by atoms with E-state index in [0.717, 1.165) is 5.56 Å². The number of ether oxygens (including phenoxy) is 1. The van der Waals surface area contributed by atoms with Crippen LogP contribution in [0, 0.1) is 19.3 Å². The average Bonchev–Trinajstić information content (AvgIpc) is 3.04. The third-order valence-electron chi connectivity index (χ3n) is 4.36. The summed E-state index contributed by atoms with van der Waals surface area (Å²) < 4.78 is 5.10. The van der Waals surface area contributed by atoms with E-state index in [4.69, 9.17) is 15.9 Å². The fraction of sp³-hybridized carbons (Fsp3) is 0.211. The minimum Gasteiger partial charge on any atom is -0.462 e. The van der Waals surface area contributed by atoms with Crippen LogP contribution in [-0.2, 0) is 9.53 Å². The number of carbonyl (C=O) groups excluding carboxylic acids is 2. The maximum Gasteiger partial charge on any atom is 0.340 e. The van der Waals surface area contributed by atoms with Crippen molar-refractivity contribution in [2.75, 3.05) is 11.9 Å². The van der Waals surface area contributed by atoms with Gasteiger partial charge in [0.2, 0.25) is 0 Å². The van der Waals surface area contributed by atoms with Crippen molar-refractivity contribution in [3.8, 4) is 0 Å². The van der Waals surface area contributed by atoms with Crippen molar-refractivity contribution in [2.24, 2.45) is 5.73 Å². The molecule has 0 fully saturated rings. The van der Waals surface area contributed by atoms with Gasteiger partial charge in [-0.05, 0) is 50.6 Å². The summed E-state index contributed by atoms with van der Waals surface area (Å²) in [6.45, 7) is 5.65. The number of amides is 1. The third kappa shape index (κ3) is 2.88. The van der Waals surface area contributed by atoms with Gasteiger partial charge in [-0.3, -0.25) is 10.2 Å². The van der Waals surface area contributed by atoms with Gasteiger partial charge < -0.3 is 20.8 Å². The van der Waals surface area contributed by atoms with Crippen LogP contribution in [0.25, 0.3) is 11.6 Å². The van der Waals surface area contributed by atoms with E-state index in [1.807, 2.05) is 6.92 Å². The van der Waals surface area contributed by atoms with Crippen molar-refractivity contribution < 1.29 is 14.3 Å². The molecule has 1 aromatic heterocycles. The van der Waals surface area contributed by atoms with Gasteiger partial charge in [0.1, 0.15) is 5.84 Å². The number of aryl methyl sites for hydroxylation is 1. The Bertz CT molecular complexity index is 969. The standard InChI is InChI=1S/C19H20N4O3/c1-4-26-19(25)16-9(2)15(22-10(16)3)8-13-12-7-11(17(20)21)5-6-14(12)23-18(13)24/h5-8,22H,4H2,1-3H3,(H3,20,21)(H,23,24). The monoisotopic (exact) mass is 352 g/mol. The minimum absolute atomic E-state index is 0.0667. The van der Waals surface area contributed by atoms with Gasteiger partial charge in [-0.2, -0.15) is 0 Å². The molecule has 0 spiro atoms. The lowest BCUT2D eigenvalue weighted by Crippen LogP contribution is -2.10. The number of rotatable bonds is 4. The van der Waals surface area contributed by atoms with Crippen LogP contribution in [0.1, 0.15) is 45.4 Å². The first-order valence-corrected chi connectivity index (χ1v) is 8.21. The quantitative estimate of drug-likeness (QED) is 0.292. The third-order valence-corrected chi connectivity index (χ3v) is 4.36. The lowest BCUT2D eigenvalue weighted by atomic mass is 10.0. The summed E-state index contributed by atoms with van der Waals surface area (Å²) in [7, 11) is 0. The number of esters is 1. The highest BCUT2D eigenvalue weighted by molar-refractivity contribution is 6.35. The molecule has 26 heavy (non-hydrogen) atoms. The first kappa shape index (κ1) is 17.5. The molecule has 7 nitrogen and oxygen atoms in total. The Kier molecular flexibility index (Phi) is 4.38. The van der Waals surface area contributed by atoms with Crippen molar-refractivity contribution in [2.45, 2.75) is 20.8 Å². The van der Waals surface area contributed by atoms with Crippen LogP contribution in [0.3, 0.4) is 0 Å². The molecule has 0 saturated heterocycles. The zero-order valence-electron chi connectivity index (χ0n) is 14.8. The highest BCUT2D eigenvalue weighted by Crippen LogP contribution is 2.34. The Morgan fingerprint density at radius 3 is 2.73 bits per heavy atom. The molecule has 0 radical (unpaired) electrons. The molecule has 3 rings (SSSR count). The van der Waals surface area contributed by atoms with Crippen molar-refractivity contribution in [1.82, 2.24) is 4.98 Å². The fourth-order valence-corrected chi connectivity index (χ4v) is 3.07. The lowest BCUT2D eigenvalue weighted by Gasteiger charge is -2.03. The molecule has 134 valence electrons. The molecule has 1 amide bonds. The summed E-state index contributed by atoms with van der Waals surface area (Å²) >= 11 is 0. The molecule has 1 aromatic carbocycles. The first-order chi connectivity index (χ1) is 12.3. The largest absolute Gasteiger partial charge is 0.462 e. The molecule has 7 heteroatoms. The van der Waals surface area contributed by atoms with Crippen molar-refractivity contribution in [1.29, 1.82) is 5.41 Å². The molecule has 0 saturated carbocycles. The second kappa shape index (κ2) is 6.51. The number of aromatic nitrogens is 1. The summed E-state index contributed by atoms with van der Waals surface area (Å²) in [5.74, 6) is -0.702. The normalized spacial score (nSPS) is 14.3. The van der Waals surface area contributed by atoms with Crippen molar-refractivity contribution in [3.05, 3.63) is 51.8 Å². The number of nitrogens with two attached hydrogens (primary N) is 1. The summed E-state index contributed by atoms with van der Waals surface area (Å²) in [6.07, 6.45) is 1.70. The highest BCUT2D eigenvalue weighted by Gasteiger charge is 2.26. The Morgan fingerprint density at radius 2 is 2.08 bits per heavy atom. The van der Waals surface area contributed by atoms with Crippen LogP contribution in [-0.4, -0.2) is 29.3 Å². The molecule has 1 aliphatic rings. The van der Waals surface area contributed by atoms with Crippen molar-refractivity contribution >= 4 is 35.0 Å². The van der Waals surface area contributed by atoms with Gasteiger partial charge in [0.15, 0.2) is 0 Å². The summed E-state index contributed by atoms with van der Waals surface area (Å²) in [4.78, 5) is 27.7. The van der Waals surface area contributed by atoms with Crippen LogP contribution in [0.4, 0.5) is 5.69 Å². The van der Waals surface area contributed by atoms with Crippen LogP contribution < -0.4 is 11.1 Å². The number of nitrogen functional groups attached to an aromatic ring is 1. The van der Waals surface area contributed by atoms with E-state index in [1.54, 1.807) is 38.1 Å². The summed E-state index contributed by atoms with van der Waals surface area (Å²) in [6, 6.07) is 5.12. The second-order valence-corrected chi connectivity index (χ2v) is 6.07. The number of amidine groups is 1. The molecular weight excluding hydrogens is 332 g/mol. The molecule has 0 aliphatic carbocycles. The number of H-pyrrole nitrogens is 1. The van der Waals surface area contributed by atoms with Crippen molar-refractivity contribution in [3.63, 3.8) is 0 Å². The van der Waals surface area contributed by atoms with Crippen LogP contribution in [0.2, 0.25) is 0 Å². The number of hydrogen-bond acceptors (Lipinski definition) is 4. The van der Waals surface area contributed by atoms with Crippen LogP contribution >= 0.6 is 0 Å². The number of fused-ring (bicyclic) bond motifs is 1. The summed E-state index contributed by atoms with van der Waals surface area (Å²) in [5.41, 5.74) is 10.4. The number of carbonyl (C=O) groups is 2. The van der Waals surface area contributed by atoms with Crippen LogP contribution in [0.15, 0.2) is 18.2 Å². The Morgan fingerprint density at radius 1 is 1.35 bits per heavy atom. The lowest BCUT2D eigenvalue weighted by molar-refractivity contribution is -0.110. The van der Waals surface area contributed by atoms with Gasteiger partial charge in [0.05, 0.1) is 17.7 Å². The molecule has 0 unspecified atom stereocenters. The molecule has 0 atom stereocenters. The Hall–Kier alpha value is -3.35. The van der Waals surface area contributed by atoms with E-state index in [0.29, 0.717) is 45.9 Å². The molecule has 5 N–H and O–H groups in total. The van der Waals surface area contributed by atoms with Gasteiger partial charge in [-0.15, -0.1) is 0 Å². The van der Waals surface area contributed by atoms with E-state index >= 15 is 0 Å². The second-order valence-electron chi connectivity index (χ2n) is 6.07. The van der Waals surface area contributed by atoms with Gasteiger partial charge >= 0.3 is 5.97 Å². The predicted molar refractivity (Wildman–Crippen MR) is 100 cm³/mol. The first-order valence-electron chi connectivity index (χ1n) is 8.21. The van der Waals surface area contributed by atoms with Gasteiger partial charge in [0, 0.05) is 28.2 Å². The topological polar surface area (TPSA) is 121 Å². The zero-order chi connectivity index (χ0) is 19.0. The van der Waals surface area contributed by atoms with E-state index < -0.39 is 5.97 Å². The predicted octanol–water partition coefficient (Wildman–Crippen LogP) is 2.59. The average molecular weight is 352 g/mol. The number of benzene rings is 1. The zero-order valence-corrected chi connectivity index (χ0v) is 14.8. The van der Waals surface area contributed by atoms with E-state index in [9.17, 15) is 9.59 Å². The SMILES string of the molecule is CCOC(=O)c1c(C)[nH]c(C=C2C(=O)Nc3ccc(C(=N)N)cc32)c1C. The van der Waals surface area contributed by atoms with E-state index in [1.165, 1.54) is 0 Å². The Labute approximate surface area is 150 Å². The summed E-state index contributed by atoms with van der Waals surface area (Å²) in [5, 5.41) is 10.4. The van der Waals surface area contributed by atoms with Gasteiger partial charge in [0.25, 0.3) is 5.91 Å². The minimum atomic E-state index is -0.390. The highest BCUT2D eigenvalue weighted by atomic mass is 16.5. The maximum absolute atomic E-state index is 12.4. The fourth-order valence-electron chi connectivity index (χ4n) is 3.07. The molecule has 2 heterocycles. The molecular formula is C19H20N4O3. The van der Waals surface area contributed by atoms with Gasteiger partial charge in [-0.25, -0.2) is 4.79 Å². The maximum atomic E-state index is 12.4. The number of aromatic amines is 1. The van der Waals surface area contributed by atoms with Gasteiger partial charge in [-0.1, -0.05) is 0 Å². The number of anilines is 1. The molecule has 1 aliphatic heterocycles. The Balaban J connectivity index is 2.09.